The zero-order chi connectivity index (χ0) is 18.5. The standard InChI is InChI=1S/C17H12ClF3N2O3/c18-11-5-6-13-14(9-11)26-17(25-13,16(19,20)21)22-15(24)23-8-7-10-3-1-2-4-12(10)23/h1-6,9H,7-8H2,(H,22,24)/t17-/m0/s1. The Morgan fingerprint density at radius 1 is 1.15 bits per heavy atom. The number of nitrogens with zero attached hydrogens (tertiary/aromatic N) is 1. The number of anilines is 1. The molecule has 2 aliphatic heterocycles. The molecule has 0 aliphatic carbocycles. The highest BCUT2D eigenvalue weighted by Gasteiger charge is 2.66. The highest BCUT2D eigenvalue weighted by atomic mass is 35.5. The number of hydrogen-bond acceptors (Lipinski definition) is 3. The number of fused-ring (bicyclic) bond motifs is 2. The van der Waals surface area contributed by atoms with Gasteiger partial charge in [-0.2, -0.15) is 13.2 Å². The Balaban J connectivity index is 1.63. The molecule has 136 valence electrons. The SMILES string of the molecule is O=C(N[C@@]1(C(F)(F)F)Oc2ccc(Cl)cc2O1)N1CCc2ccccc21. The van der Waals surface area contributed by atoms with Crippen molar-refractivity contribution >= 4 is 23.3 Å². The summed E-state index contributed by atoms with van der Waals surface area (Å²) in [5.41, 5.74) is 1.44. The Kier molecular flexibility index (Phi) is 3.69. The van der Waals surface area contributed by atoms with Crippen LogP contribution in [0.15, 0.2) is 42.5 Å². The van der Waals surface area contributed by atoms with Gasteiger partial charge < -0.3 is 9.47 Å². The maximum Gasteiger partial charge on any atom is 0.492 e. The van der Waals surface area contributed by atoms with Crippen molar-refractivity contribution in [3.05, 3.63) is 53.1 Å². The summed E-state index contributed by atoms with van der Waals surface area (Å²) in [6.45, 7) is 0.262. The van der Waals surface area contributed by atoms with Crippen LogP contribution >= 0.6 is 11.6 Å². The van der Waals surface area contributed by atoms with Crippen LogP contribution in [-0.4, -0.2) is 24.7 Å². The number of hydrogen-bond donors (Lipinski definition) is 1. The van der Waals surface area contributed by atoms with Crippen LogP contribution in [0.1, 0.15) is 5.56 Å². The van der Waals surface area contributed by atoms with Crippen LogP contribution in [0.3, 0.4) is 0 Å². The summed E-state index contributed by atoms with van der Waals surface area (Å²) in [5, 5.41) is 2.04. The van der Waals surface area contributed by atoms with E-state index >= 15 is 0 Å². The van der Waals surface area contributed by atoms with Gasteiger partial charge in [0.1, 0.15) is 0 Å². The van der Waals surface area contributed by atoms with Gasteiger partial charge in [0.05, 0.1) is 0 Å². The lowest BCUT2D eigenvalue weighted by Crippen LogP contribution is -2.66. The van der Waals surface area contributed by atoms with E-state index in [1.807, 2.05) is 11.4 Å². The van der Waals surface area contributed by atoms with Crippen LogP contribution in [0.5, 0.6) is 11.5 Å². The average molecular weight is 385 g/mol. The van der Waals surface area contributed by atoms with E-state index in [1.165, 1.54) is 23.1 Å². The molecular formula is C17H12ClF3N2O3. The molecule has 0 spiro atoms. The van der Waals surface area contributed by atoms with E-state index in [2.05, 4.69) is 0 Å². The first kappa shape index (κ1) is 16.8. The molecule has 2 aromatic carbocycles. The van der Waals surface area contributed by atoms with Gasteiger partial charge in [0.25, 0.3) is 0 Å². The van der Waals surface area contributed by atoms with E-state index in [0.29, 0.717) is 12.1 Å². The minimum Gasteiger partial charge on any atom is -0.424 e. The fourth-order valence-corrected chi connectivity index (χ4v) is 3.13. The second-order valence-corrected chi connectivity index (χ2v) is 6.31. The molecule has 2 amide bonds. The minimum atomic E-state index is -5.02. The fraction of sp³-hybridized carbons (Fsp3) is 0.235. The number of amides is 2. The second kappa shape index (κ2) is 5.70. The summed E-state index contributed by atoms with van der Waals surface area (Å²) >= 11 is 5.78. The molecule has 0 fully saturated rings. The van der Waals surface area contributed by atoms with Crippen molar-refractivity contribution in [3.63, 3.8) is 0 Å². The number of urea groups is 1. The summed E-state index contributed by atoms with van der Waals surface area (Å²) in [4.78, 5) is 13.8. The maximum absolute atomic E-state index is 13.7. The van der Waals surface area contributed by atoms with Crippen molar-refractivity contribution in [1.82, 2.24) is 5.32 Å². The van der Waals surface area contributed by atoms with Crippen LogP contribution in [0.25, 0.3) is 0 Å². The van der Waals surface area contributed by atoms with E-state index in [4.69, 9.17) is 21.1 Å². The third-order valence-electron chi connectivity index (χ3n) is 4.19. The monoisotopic (exact) mass is 384 g/mol. The van der Waals surface area contributed by atoms with Gasteiger partial charge >= 0.3 is 18.1 Å². The summed E-state index contributed by atoms with van der Waals surface area (Å²) < 4.78 is 51.1. The number of nitrogens with one attached hydrogen (secondary N) is 1. The van der Waals surface area contributed by atoms with Crippen LogP contribution in [0, 0.1) is 0 Å². The smallest absolute Gasteiger partial charge is 0.424 e. The summed E-state index contributed by atoms with van der Waals surface area (Å²) in [6, 6.07) is 9.87. The number of carbonyl (C=O) groups is 1. The third-order valence-corrected chi connectivity index (χ3v) is 4.43. The van der Waals surface area contributed by atoms with E-state index in [0.717, 1.165) is 5.56 Å². The van der Waals surface area contributed by atoms with Crippen molar-refractivity contribution < 1.29 is 27.4 Å². The molecule has 1 atom stereocenters. The Bertz CT molecular complexity index is 890. The quantitative estimate of drug-likeness (QED) is 0.805. The van der Waals surface area contributed by atoms with Gasteiger partial charge in [0.2, 0.25) is 0 Å². The molecule has 5 nitrogen and oxygen atoms in total. The van der Waals surface area contributed by atoms with E-state index < -0.39 is 18.1 Å². The van der Waals surface area contributed by atoms with Gasteiger partial charge in [-0.15, -0.1) is 0 Å². The first-order valence-corrected chi connectivity index (χ1v) is 8.09. The van der Waals surface area contributed by atoms with Crippen molar-refractivity contribution in [1.29, 1.82) is 0 Å². The molecule has 2 aliphatic rings. The lowest BCUT2D eigenvalue weighted by molar-refractivity contribution is -0.317. The van der Waals surface area contributed by atoms with Crippen molar-refractivity contribution in [2.24, 2.45) is 0 Å². The lowest BCUT2D eigenvalue weighted by atomic mass is 10.2. The predicted molar refractivity (Wildman–Crippen MR) is 87.5 cm³/mol. The predicted octanol–water partition coefficient (Wildman–Crippen LogP) is 4.10. The second-order valence-electron chi connectivity index (χ2n) is 5.87. The number of ether oxygens (including phenoxy) is 2. The zero-order valence-electron chi connectivity index (χ0n) is 13.1. The number of alkyl halides is 3. The van der Waals surface area contributed by atoms with Crippen molar-refractivity contribution in [2.45, 2.75) is 18.5 Å². The molecule has 2 aromatic rings. The van der Waals surface area contributed by atoms with Gasteiger partial charge in [-0.25, -0.2) is 4.79 Å². The Morgan fingerprint density at radius 3 is 2.65 bits per heavy atom. The Labute approximate surface area is 151 Å². The zero-order valence-corrected chi connectivity index (χ0v) is 13.9. The molecule has 0 aromatic heterocycles. The third kappa shape index (κ3) is 2.61. The molecule has 0 radical (unpaired) electrons. The molecule has 4 rings (SSSR count). The maximum atomic E-state index is 13.7. The molecule has 2 heterocycles. The van der Waals surface area contributed by atoms with E-state index in [9.17, 15) is 18.0 Å². The molecule has 0 unspecified atom stereocenters. The fourth-order valence-electron chi connectivity index (χ4n) is 2.97. The van der Waals surface area contributed by atoms with Crippen LogP contribution in [0.2, 0.25) is 5.02 Å². The van der Waals surface area contributed by atoms with Crippen LogP contribution in [-0.2, 0) is 6.42 Å². The molecule has 9 heteroatoms. The number of benzene rings is 2. The van der Waals surface area contributed by atoms with Gasteiger partial charge in [-0.05, 0) is 30.2 Å². The highest BCUT2D eigenvalue weighted by molar-refractivity contribution is 6.30. The molecule has 0 bridgehead atoms. The molecule has 1 N–H and O–H groups in total. The minimum absolute atomic E-state index is 0.158. The topological polar surface area (TPSA) is 50.8 Å². The summed E-state index contributed by atoms with van der Waals surface area (Å²) in [7, 11) is 0. The van der Waals surface area contributed by atoms with Gasteiger partial charge in [-0.1, -0.05) is 29.8 Å². The Morgan fingerprint density at radius 2 is 1.88 bits per heavy atom. The van der Waals surface area contributed by atoms with Gasteiger partial charge in [0.15, 0.2) is 11.5 Å². The first-order valence-electron chi connectivity index (χ1n) is 7.71. The van der Waals surface area contributed by atoms with E-state index in [-0.39, 0.29) is 23.1 Å². The summed E-state index contributed by atoms with van der Waals surface area (Å²) in [6.07, 6.45) is -4.46. The van der Waals surface area contributed by atoms with Crippen LogP contribution in [0.4, 0.5) is 23.7 Å². The highest BCUT2D eigenvalue weighted by Crippen LogP contribution is 2.46. The molecule has 0 saturated carbocycles. The number of rotatable bonds is 1. The Hall–Kier alpha value is -2.61. The molecular weight excluding hydrogens is 373 g/mol. The summed E-state index contributed by atoms with van der Waals surface area (Å²) in [5.74, 6) is -3.67. The van der Waals surface area contributed by atoms with Crippen molar-refractivity contribution in [2.75, 3.05) is 11.4 Å². The lowest BCUT2D eigenvalue weighted by Gasteiger charge is -2.31. The normalized spacial score (nSPS) is 20.8. The van der Waals surface area contributed by atoms with Crippen molar-refractivity contribution in [3.8, 4) is 11.5 Å². The number of para-hydroxylation sites is 1. The molecule has 26 heavy (non-hydrogen) atoms. The van der Waals surface area contributed by atoms with E-state index in [1.54, 1.807) is 18.2 Å². The number of halogens is 4. The average Bonchev–Trinajstić information content (AvgIpc) is 3.15. The van der Waals surface area contributed by atoms with Gasteiger partial charge in [0, 0.05) is 23.3 Å². The van der Waals surface area contributed by atoms with Gasteiger partial charge in [-0.3, -0.25) is 10.2 Å². The molecule has 0 saturated heterocycles. The van der Waals surface area contributed by atoms with Crippen LogP contribution < -0.4 is 19.7 Å². The first-order chi connectivity index (χ1) is 12.3. The number of carbonyl (C=O) groups excluding carboxylic acids is 1. The largest absolute Gasteiger partial charge is 0.492 e.